The lowest BCUT2D eigenvalue weighted by molar-refractivity contribution is 0.376. The Hall–Kier alpha value is 0.200. The molecule has 84 valence electrons. The molecule has 0 aliphatic carbocycles. The summed E-state index contributed by atoms with van der Waals surface area (Å²) in [5.41, 5.74) is 0. The molecule has 5 heteroatoms. The first-order chi connectivity index (χ1) is 6.54. The highest BCUT2D eigenvalue weighted by Crippen LogP contribution is 2.25. The van der Waals surface area contributed by atoms with E-state index in [1.807, 2.05) is 6.92 Å². The number of rotatable bonds is 4. The van der Waals surface area contributed by atoms with Crippen LogP contribution in [0.3, 0.4) is 0 Å². The smallest absolute Gasteiger partial charge is 0.212 e. The highest BCUT2D eigenvalue weighted by Gasteiger charge is 2.35. The zero-order valence-corrected chi connectivity index (χ0v) is 10.3. The van der Waals surface area contributed by atoms with Gasteiger partial charge in [0.15, 0.2) is 0 Å². The second-order valence-corrected chi connectivity index (χ2v) is 6.44. The van der Waals surface area contributed by atoms with E-state index in [9.17, 15) is 8.42 Å². The first kappa shape index (κ1) is 12.3. The van der Waals surface area contributed by atoms with Gasteiger partial charge < -0.3 is 0 Å². The van der Waals surface area contributed by atoms with Gasteiger partial charge in [0.25, 0.3) is 0 Å². The average molecular weight is 240 g/mol. The van der Waals surface area contributed by atoms with E-state index in [0.29, 0.717) is 6.54 Å². The Morgan fingerprint density at radius 1 is 1.57 bits per heavy atom. The molecule has 2 atom stereocenters. The Labute approximate surface area is 91.5 Å². The van der Waals surface area contributed by atoms with Crippen molar-refractivity contribution in [3.05, 3.63) is 0 Å². The fourth-order valence-corrected chi connectivity index (χ4v) is 4.02. The molecule has 0 aromatic carbocycles. The van der Waals surface area contributed by atoms with Crippen LogP contribution >= 0.6 is 11.6 Å². The monoisotopic (exact) mass is 239 g/mol. The third-order valence-corrected chi connectivity index (χ3v) is 5.81. The van der Waals surface area contributed by atoms with Crippen molar-refractivity contribution in [1.82, 2.24) is 4.31 Å². The Kier molecular flexibility index (Phi) is 4.22. The van der Waals surface area contributed by atoms with Gasteiger partial charge in [0.05, 0.1) is 5.25 Å². The Morgan fingerprint density at radius 2 is 2.21 bits per heavy atom. The van der Waals surface area contributed by atoms with Crippen LogP contribution in [-0.4, -0.2) is 36.4 Å². The van der Waals surface area contributed by atoms with Crippen LogP contribution in [0.15, 0.2) is 0 Å². The molecule has 3 nitrogen and oxygen atoms in total. The van der Waals surface area contributed by atoms with Crippen molar-refractivity contribution >= 4 is 21.6 Å². The van der Waals surface area contributed by atoms with Gasteiger partial charge >= 0.3 is 0 Å². The molecular formula is C9H18ClNO2S. The maximum absolute atomic E-state index is 12.0. The van der Waals surface area contributed by atoms with Crippen LogP contribution in [0.2, 0.25) is 0 Å². The zero-order chi connectivity index (χ0) is 10.8. The SMILES string of the molecule is CCC1CCCN1S(=O)(=O)C(C)CCl. The number of hydrogen-bond acceptors (Lipinski definition) is 2. The predicted molar refractivity (Wildman–Crippen MR) is 59.1 cm³/mol. The molecule has 1 saturated heterocycles. The molecular weight excluding hydrogens is 222 g/mol. The topological polar surface area (TPSA) is 37.4 Å². The van der Waals surface area contributed by atoms with E-state index in [1.165, 1.54) is 0 Å². The zero-order valence-electron chi connectivity index (χ0n) is 8.74. The first-order valence-electron chi connectivity index (χ1n) is 5.10. The highest BCUT2D eigenvalue weighted by molar-refractivity contribution is 7.89. The van der Waals surface area contributed by atoms with Crippen molar-refractivity contribution in [3.8, 4) is 0 Å². The minimum atomic E-state index is -3.15. The predicted octanol–water partition coefficient (Wildman–Crippen LogP) is 1.82. The van der Waals surface area contributed by atoms with E-state index < -0.39 is 15.3 Å². The second-order valence-electron chi connectivity index (χ2n) is 3.82. The molecule has 0 amide bonds. The van der Waals surface area contributed by atoms with Crippen molar-refractivity contribution in [1.29, 1.82) is 0 Å². The van der Waals surface area contributed by atoms with Gasteiger partial charge in [-0.15, -0.1) is 11.6 Å². The fraction of sp³-hybridized carbons (Fsp3) is 1.00. The molecule has 0 N–H and O–H groups in total. The Balaban J connectivity index is 2.81. The third-order valence-electron chi connectivity index (χ3n) is 2.85. The average Bonchev–Trinajstić information content (AvgIpc) is 2.64. The molecule has 1 rings (SSSR count). The number of halogens is 1. The summed E-state index contributed by atoms with van der Waals surface area (Å²) in [5.74, 6) is 0.176. The maximum atomic E-state index is 12.0. The molecule has 1 aliphatic rings. The number of nitrogens with zero attached hydrogens (tertiary/aromatic N) is 1. The fourth-order valence-electron chi connectivity index (χ4n) is 1.86. The highest BCUT2D eigenvalue weighted by atomic mass is 35.5. The van der Waals surface area contributed by atoms with E-state index in [2.05, 4.69) is 0 Å². The van der Waals surface area contributed by atoms with E-state index in [4.69, 9.17) is 11.6 Å². The van der Waals surface area contributed by atoms with Gasteiger partial charge in [-0.2, -0.15) is 4.31 Å². The van der Waals surface area contributed by atoms with Gasteiger partial charge in [-0.1, -0.05) is 6.92 Å². The third kappa shape index (κ3) is 2.23. The van der Waals surface area contributed by atoms with Crippen LogP contribution < -0.4 is 0 Å². The van der Waals surface area contributed by atoms with Crippen molar-refractivity contribution in [2.45, 2.75) is 44.4 Å². The summed E-state index contributed by atoms with van der Waals surface area (Å²) in [5, 5.41) is -0.462. The van der Waals surface area contributed by atoms with E-state index in [-0.39, 0.29) is 11.9 Å². The van der Waals surface area contributed by atoms with Crippen molar-refractivity contribution in [2.75, 3.05) is 12.4 Å². The van der Waals surface area contributed by atoms with Gasteiger partial charge in [0, 0.05) is 18.5 Å². The van der Waals surface area contributed by atoms with Crippen molar-refractivity contribution in [3.63, 3.8) is 0 Å². The van der Waals surface area contributed by atoms with Crippen LogP contribution in [0.1, 0.15) is 33.1 Å². The summed E-state index contributed by atoms with van der Waals surface area (Å²) in [4.78, 5) is 0. The van der Waals surface area contributed by atoms with E-state index in [0.717, 1.165) is 19.3 Å². The van der Waals surface area contributed by atoms with Crippen molar-refractivity contribution in [2.24, 2.45) is 0 Å². The van der Waals surface area contributed by atoms with Crippen LogP contribution in [0.25, 0.3) is 0 Å². The molecule has 0 radical (unpaired) electrons. The minimum absolute atomic E-state index is 0.176. The summed E-state index contributed by atoms with van der Waals surface area (Å²) >= 11 is 5.60. The largest absolute Gasteiger partial charge is 0.218 e. The first-order valence-corrected chi connectivity index (χ1v) is 7.14. The summed E-state index contributed by atoms with van der Waals surface area (Å²) in [6.45, 7) is 4.37. The molecule has 0 saturated carbocycles. The minimum Gasteiger partial charge on any atom is -0.212 e. The second kappa shape index (κ2) is 4.81. The number of alkyl halides is 1. The lowest BCUT2D eigenvalue weighted by Gasteiger charge is -2.25. The molecule has 1 aliphatic heterocycles. The van der Waals surface area contributed by atoms with Gasteiger partial charge in [-0.25, -0.2) is 8.42 Å². The van der Waals surface area contributed by atoms with Gasteiger partial charge in [0.1, 0.15) is 0 Å². The summed E-state index contributed by atoms with van der Waals surface area (Å²) in [6.07, 6.45) is 2.87. The Morgan fingerprint density at radius 3 is 2.71 bits per heavy atom. The Bertz CT molecular complexity index is 279. The quantitative estimate of drug-likeness (QED) is 0.702. The summed E-state index contributed by atoms with van der Waals surface area (Å²) < 4.78 is 25.6. The number of hydrogen-bond donors (Lipinski definition) is 0. The van der Waals surface area contributed by atoms with Gasteiger partial charge in [0.2, 0.25) is 10.0 Å². The molecule has 0 aromatic rings. The maximum Gasteiger partial charge on any atom is 0.218 e. The molecule has 0 spiro atoms. The molecule has 0 bridgehead atoms. The van der Waals surface area contributed by atoms with Crippen LogP contribution in [-0.2, 0) is 10.0 Å². The molecule has 1 fully saturated rings. The molecule has 2 unspecified atom stereocenters. The van der Waals surface area contributed by atoms with Gasteiger partial charge in [-0.05, 0) is 26.2 Å². The summed E-state index contributed by atoms with van der Waals surface area (Å²) in [6, 6.07) is 0.200. The summed E-state index contributed by atoms with van der Waals surface area (Å²) in [7, 11) is -3.15. The van der Waals surface area contributed by atoms with Crippen molar-refractivity contribution < 1.29 is 8.42 Å². The van der Waals surface area contributed by atoms with Crippen LogP contribution in [0.5, 0.6) is 0 Å². The van der Waals surface area contributed by atoms with Crippen LogP contribution in [0.4, 0.5) is 0 Å². The molecule has 0 aromatic heterocycles. The molecule has 14 heavy (non-hydrogen) atoms. The lowest BCUT2D eigenvalue weighted by atomic mass is 10.2. The normalized spacial score (nSPS) is 26.6. The number of sulfonamides is 1. The van der Waals surface area contributed by atoms with Crippen LogP contribution in [0, 0.1) is 0 Å². The lowest BCUT2D eigenvalue weighted by Crippen LogP contribution is -2.41. The van der Waals surface area contributed by atoms with E-state index in [1.54, 1.807) is 11.2 Å². The van der Waals surface area contributed by atoms with Gasteiger partial charge in [-0.3, -0.25) is 0 Å². The molecule has 1 heterocycles. The standard InChI is InChI=1S/C9H18ClNO2S/c1-3-9-5-4-6-11(9)14(12,13)8(2)7-10/h8-9H,3-7H2,1-2H3. The van der Waals surface area contributed by atoms with E-state index >= 15 is 0 Å².